The molecule has 8 nitrogen and oxygen atoms in total. The number of benzene rings is 3. The Hall–Kier alpha value is -3.72. The van der Waals surface area contributed by atoms with Crippen LogP contribution in [0.15, 0.2) is 71.6 Å². The standard InChI is InChI=1S/C28H34N2O6S/c1-6-35-25-10-8-7-9-24(25)30(37(32,33)23-14-11-21(4)12-15-23)19-28(31)29-18-22-13-16-26(36-20(2)3)27(17-22)34-5/h7-17,20H,6,18-19H2,1-5H3,(H,29,31). The van der Waals surface area contributed by atoms with Crippen LogP contribution in [0, 0.1) is 6.92 Å². The molecule has 0 aliphatic carbocycles. The van der Waals surface area contributed by atoms with Crippen LogP contribution in [0.1, 0.15) is 31.9 Å². The van der Waals surface area contributed by atoms with E-state index in [-0.39, 0.29) is 23.2 Å². The molecule has 1 N–H and O–H groups in total. The Bertz CT molecular complexity index is 1310. The van der Waals surface area contributed by atoms with E-state index >= 15 is 0 Å². The number of ether oxygens (including phenoxy) is 3. The Morgan fingerprint density at radius 3 is 2.32 bits per heavy atom. The van der Waals surface area contributed by atoms with Gasteiger partial charge in [-0.15, -0.1) is 0 Å². The summed E-state index contributed by atoms with van der Waals surface area (Å²) in [6, 6.07) is 18.7. The Labute approximate surface area is 219 Å². The van der Waals surface area contributed by atoms with Gasteiger partial charge in [0.05, 0.1) is 30.4 Å². The number of nitrogens with one attached hydrogen (secondary N) is 1. The van der Waals surface area contributed by atoms with Gasteiger partial charge in [-0.25, -0.2) is 8.42 Å². The van der Waals surface area contributed by atoms with Crippen LogP contribution in [0.4, 0.5) is 5.69 Å². The van der Waals surface area contributed by atoms with E-state index in [2.05, 4.69) is 5.32 Å². The van der Waals surface area contributed by atoms with Crippen molar-refractivity contribution in [2.24, 2.45) is 0 Å². The number of amides is 1. The normalized spacial score (nSPS) is 11.2. The molecule has 37 heavy (non-hydrogen) atoms. The zero-order valence-electron chi connectivity index (χ0n) is 21.9. The number of rotatable bonds is 12. The minimum Gasteiger partial charge on any atom is -0.493 e. The fourth-order valence-corrected chi connectivity index (χ4v) is 5.07. The molecule has 0 aromatic heterocycles. The lowest BCUT2D eigenvalue weighted by Gasteiger charge is -2.26. The van der Waals surface area contributed by atoms with E-state index in [9.17, 15) is 13.2 Å². The highest BCUT2D eigenvalue weighted by atomic mass is 32.2. The van der Waals surface area contributed by atoms with Crippen LogP contribution < -0.4 is 23.8 Å². The molecule has 0 bridgehead atoms. The Morgan fingerprint density at radius 1 is 0.973 bits per heavy atom. The van der Waals surface area contributed by atoms with Gasteiger partial charge in [0.2, 0.25) is 5.91 Å². The summed E-state index contributed by atoms with van der Waals surface area (Å²) in [7, 11) is -2.51. The van der Waals surface area contributed by atoms with E-state index in [0.717, 1.165) is 15.4 Å². The Balaban J connectivity index is 1.86. The Kier molecular flexibility index (Phi) is 9.41. The Morgan fingerprint density at radius 2 is 1.68 bits per heavy atom. The van der Waals surface area contributed by atoms with Crippen LogP contribution in [-0.2, 0) is 21.4 Å². The van der Waals surface area contributed by atoms with E-state index < -0.39 is 22.5 Å². The molecule has 0 radical (unpaired) electrons. The third kappa shape index (κ3) is 7.16. The molecule has 0 unspecified atom stereocenters. The summed E-state index contributed by atoms with van der Waals surface area (Å²) in [5.41, 5.74) is 2.00. The predicted octanol–water partition coefficient (Wildman–Crippen LogP) is 4.70. The van der Waals surface area contributed by atoms with Gasteiger partial charge < -0.3 is 19.5 Å². The molecule has 0 atom stereocenters. The quantitative estimate of drug-likeness (QED) is 0.368. The van der Waals surface area contributed by atoms with Crippen LogP contribution in [0.5, 0.6) is 17.2 Å². The van der Waals surface area contributed by atoms with Crippen LogP contribution in [-0.4, -0.2) is 40.7 Å². The van der Waals surface area contributed by atoms with Crippen LogP contribution >= 0.6 is 0 Å². The fourth-order valence-electron chi connectivity index (χ4n) is 3.64. The van der Waals surface area contributed by atoms with Gasteiger partial charge in [-0.05, 0) is 69.7 Å². The van der Waals surface area contributed by atoms with E-state index in [1.807, 2.05) is 33.8 Å². The van der Waals surface area contributed by atoms with Crippen molar-refractivity contribution in [3.8, 4) is 17.2 Å². The van der Waals surface area contributed by atoms with Gasteiger partial charge >= 0.3 is 0 Å². The summed E-state index contributed by atoms with van der Waals surface area (Å²) in [4.78, 5) is 13.1. The lowest BCUT2D eigenvalue weighted by molar-refractivity contribution is -0.119. The first-order chi connectivity index (χ1) is 17.6. The third-order valence-electron chi connectivity index (χ3n) is 5.41. The van der Waals surface area contributed by atoms with E-state index in [4.69, 9.17) is 14.2 Å². The minimum absolute atomic E-state index is 0.0134. The number of hydrogen-bond donors (Lipinski definition) is 1. The highest BCUT2D eigenvalue weighted by Crippen LogP contribution is 2.33. The number of hydrogen-bond acceptors (Lipinski definition) is 6. The maximum atomic E-state index is 13.7. The molecular weight excluding hydrogens is 492 g/mol. The molecule has 0 saturated heterocycles. The number of methoxy groups -OCH3 is 1. The van der Waals surface area contributed by atoms with Crippen molar-refractivity contribution >= 4 is 21.6 Å². The molecule has 3 rings (SSSR count). The van der Waals surface area contributed by atoms with Crippen LogP contribution in [0.2, 0.25) is 0 Å². The smallest absolute Gasteiger partial charge is 0.264 e. The molecule has 3 aromatic rings. The van der Waals surface area contributed by atoms with Crippen molar-refractivity contribution < 1.29 is 27.4 Å². The molecule has 0 aliphatic rings. The maximum absolute atomic E-state index is 13.7. The zero-order valence-corrected chi connectivity index (χ0v) is 22.7. The molecule has 0 spiro atoms. The summed E-state index contributed by atoms with van der Waals surface area (Å²) >= 11 is 0. The number of carbonyl (C=O) groups excluding carboxylic acids is 1. The number of carbonyl (C=O) groups is 1. The molecule has 0 fully saturated rings. The zero-order chi connectivity index (χ0) is 27.0. The van der Waals surface area contributed by atoms with Gasteiger partial charge in [-0.2, -0.15) is 0 Å². The van der Waals surface area contributed by atoms with Crippen LogP contribution in [0.3, 0.4) is 0 Å². The van der Waals surface area contributed by atoms with Crippen molar-refractivity contribution in [1.29, 1.82) is 0 Å². The molecule has 1 amide bonds. The van der Waals surface area contributed by atoms with Gasteiger partial charge in [-0.3, -0.25) is 9.10 Å². The number of anilines is 1. The molecule has 3 aromatic carbocycles. The second-order valence-corrected chi connectivity index (χ2v) is 10.5. The largest absolute Gasteiger partial charge is 0.493 e. The summed E-state index contributed by atoms with van der Waals surface area (Å²) < 4.78 is 45.3. The van der Waals surface area contributed by atoms with E-state index in [0.29, 0.717) is 23.9 Å². The molecule has 0 heterocycles. The first kappa shape index (κ1) is 27.9. The second kappa shape index (κ2) is 12.5. The maximum Gasteiger partial charge on any atom is 0.264 e. The summed E-state index contributed by atoms with van der Waals surface area (Å²) in [5, 5.41) is 2.81. The van der Waals surface area contributed by atoms with Crippen molar-refractivity contribution in [2.45, 2.75) is 45.2 Å². The number of sulfonamides is 1. The van der Waals surface area contributed by atoms with Gasteiger partial charge in [0.25, 0.3) is 10.0 Å². The fraction of sp³-hybridized carbons (Fsp3) is 0.321. The lowest BCUT2D eigenvalue weighted by atomic mass is 10.2. The lowest BCUT2D eigenvalue weighted by Crippen LogP contribution is -2.40. The second-order valence-electron chi connectivity index (χ2n) is 8.65. The van der Waals surface area contributed by atoms with Crippen molar-refractivity contribution in [3.63, 3.8) is 0 Å². The predicted molar refractivity (Wildman–Crippen MR) is 144 cm³/mol. The van der Waals surface area contributed by atoms with Gasteiger partial charge in [-0.1, -0.05) is 35.9 Å². The topological polar surface area (TPSA) is 94.2 Å². The highest BCUT2D eigenvalue weighted by Gasteiger charge is 2.29. The van der Waals surface area contributed by atoms with Crippen molar-refractivity contribution in [3.05, 3.63) is 77.9 Å². The molecule has 198 valence electrons. The minimum atomic E-state index is -4.06. The van der Waals surface area contributed by atoms with Crippen LogP contribution in [0.25, 0.3) is 0 Å². The molecule has 0 aliphatic heterocycles. The molecule has 0 saturated carbocycles. The average molecular weight is 527 g/mol. The average Bonchev–Trinajstić information content (AvgIpc) is 2.87. The van der Waals surface area contributed by atoms with Gasteiger partial charge in [0, 0.05) is 6.54 Å². The van der Waals surface area contributed by atoms with Gasteiger partial charge in [0.1, 0.15) is 12.3 Å². The summed E-state index contributed by atoms with van der Waals surface area (Å²) in [5.74, 6) is 1.06. The number of para-hydroxylation sites is 2. The molecule has 9 heteroatoms. The summed E-state index contributed by atoms with van der Waals surface area (Å²) in [6.07, 6.45) is -0.0134. The van der Waals surface area contributed by atoms with Crippen molar-refractivity contribution in [1.82, 2.24) is 5.32 Å². The molecular formula is C28H34N2O6S. The summed E-state index contributed by atoms with van der Waals surface area (Å²) in [6.45, 7) is 7.65. The first-order valence-corrected chi connectivity index (χ1v) is 13.5. The number of aryl methyl sites for hydroxylation is 1. The first-order valence-electron chi connectivity index (χ1n) is 12.1. The van der Waals surface area contributed by atoms with Gasteiger partial charge in [0.15, 0.2) is 11.5 Å². The monoisotopic (exact) mass is 526 g/mol. The number of nitrogens with zero attached hydrogens (tertiary/aromatic N) is 1. The van der Waals surface area contributed by atoms with E-state index in [1.165, 1.54) is 12.1 Å². The highest BCUT2D eigenvalue weighted by molar-refractivity contribution is 7.92. The van der Waals surface area contributed by atoms with Crippen molar-refractivity contribution in [2.75, 3.05) is 24.6 Å². The van der Waals surface area contributed by atoms with E-state index in [1.54, 1.807) is 55.6 Å². The third-order valence-corrected chi connectivity index (χ3v) is 7.18. The SMILES string of the molecule is CCOc1ccccc1N(CC(=O)NCc1ccc(OC(C)C)c(OC)c1)S(=O)(=O)c1ccc(C)cc1.